The summed E-state index contributed by atoms with van der Waals surface area (Å²) in [5.74, 6) is -0.375. The minimum Gasteiger partial charge on any atom is -0.382 e. The Morgan fingerprint density at radius 2 is 2.16 bits per heavy atom. The number of hydrogen-bond donors (Lipinski definition) is 3. The van der Waals surface area contributed by atoms with E-state index in [2.05, 4.69) is 9.69 Å². The molecule has 7 nitrogen and oxygen atoms in total. The van der Waals surface area contributed by atoms with Crippen molar-refractivity contribution in [1.29, 1.82) is 0 Å². The van der Waals surface area contributed by atoms with E-state index in [-0.39, 0.29) is 11.4 Å². The van der Waals surface area contributed by atoms with Crippen LogP contribution in [0.1, 0.15) is 23.2 Å². The summed E-state index contributed by atoms with van der Waals surface area (Å²) < 4.78 is 14.1. The highest BCUT2D eigenvalue weighted by Crippen LogP contribution is 2.25. The Morgan fingerprint density at radius 3 is 2.84 bits per heavy atom. The molecule has 108 valence electrons. The first-order chi connectivity index (χ1) is 9.16. The van der Waals surface area contributed by atoms with Gasteiger partial charge in [0.2, 0.25) is 0 Å². The van der Waals surface area contributed by atoms with Crippen LogP contribution in [0.15, 0.2) is 0 Å². The van der Waals surface area contributed by atoms with Crippen molar-refractivity contribution in [2.75, 3.05) is 44.5 Å². The molecule has 0 saturated heterocycles. The SMILES string of the molecule is COCCOCCCCNc1snc(N)c1C(N)=O. The van der Waals surface area contributed by atoms with Crippen LogP contribution in [0.3, 0.4) is 0 Å². The molecule has 0 aliphatic rings. The summed E-state index contributed by atoms with van der Waals surface area (Å²) in [7, 11) is 1.64. The van der Waals surface area contributed by atoms with Gasteiger partial charge >= 0.3 is 0 Å². The van der Waals surface area contributed by atoms with Gasteiger partial charge in [-0.05, 0) is 24.4 Å². The molecule has 1 aromatic heterocycles. The predicted octanol–water partition coefficient (Wildman–Crippen LogP) is 0.679. The molecule has 8 heteroatoms. The molecule has 0 aromatic carbocycles. The van der Waals surface area contributed by atoms with Gasteiger partial charge in [-0.25, -0.2) is 0 Å². The molecule has 1 amide bonds. The number of aromatic nitrogens is 1. The van der Waals surface area contributed by atoms with Gasteiger partial charge in [0.15, 0.2) is 5.82 Å². The van der Waals surface area contributed by atoms with Crippen molar-refractivity contribution in [3.05, 3.63) is 5.56 Å². The fourth-order valence-electron chi connectivity index (χ4n) is 1.44. The van der Waals surface area contributed by atoms with Crippen molar-refractivity contribution >= 4 is 28.3 Å². The number of anilines is 2. The molecule has 1 rings (SSSR count). The second kappa shape index (κ2) is 8.68. The van der Waals surface area contributed by atoms with Gasteiger partial charge in [-0.15, -0.1) is 0 Å². The van der Waals surface area contributed by atoms with E-state index >= 15 is 0 Å². The number of ether oxygens (including phenoxy) is 2. The van der Waals surface area contributed by atoms with Gasteiger partial charge in [-0.2, -0.15) is 4.37 Å². The zero-order chi connectivity index (χ0) is 14.1. The molecular formula is C11H20N4O3S. The van der Waals surface area contributed by atoms with E-state index in [4.69, 9.17) is 20.9 Å². The van der Waals surface area contributed by atoms with Crippen molar-refractivity contribution in [2.24, 2.45) is 5.73 Å². The van der Waals surface area contributed by atoms with Crippen LogP contribution in [-0.4, -0.2) is 43.8 Å². The number of nitrogens with zero attached hydrogens (tertiary/aromatic N) is 1. The number of hydrogen-bond acceptors (Lipinski definition) is 7. The molecule has 0 atom stereocenters. The van der Waals surface area contributed by atoms with Gasteiger partial charge in [0, 0.05) is 20.3 Å². The highest BCUT2D eigenvalue weighted by Gasteiger charge is 2.15. The maximum Gasteiger partial charge on any atom is 0.255 e. The van der Waals surface area contributed by atoms with Crippen molar-refractivity contribution < 1.29 is 14.3 Å². The summed E-state index contributed by atoms with van der Waals surface area (Å²) in [5.41, 5.74) is 11.1. The van der Waals surface area contributed by atoms with Crippen LogP contribution < -0.4 is 16.8 Å². The molecule has 5 N–H and O–H groups in total. The first kappa shape index (κ1) is 15.7. The van der Waals surface area contributed by atoms with Crippen LogP contribution in [0.4, 0.5) is 10.8 Å². The van der Waals surface area contributed by atoms with Crippen molar-refractivity contribution in [1.82, 2.24) is 4.37 Å². The van der Waals surface area contributed by atoms with Crippen LogP contribution in [0.25, 0.3) is 0 Å². The number of nitrogens with two attached hydrogens (primary N) is 2. The Morgan fingerprint density at radius 1 is 1.37 bits per heavy atom. The molecule has 1 aromatic rings. The van der Waals surface area contributed by atoms with E-state index in [0.717, 1.165) is 30.9 Å². The predicted molar refractivity (Wildman–Crippen MR) is 75.5 cm³/mol. The van der Waals surface area contributed by atoms with Gasteiger partial charge in [0.1, 0.15) is 10.6 Å². The van der Waals surface area contributed by atoms with Gasteiger partial charge in [-0.1, -0.05) is 0 Å². The standard InChI is InChI=1S/C11H20N4O3S/c1-17-6-7-18-5-3-2-4-14-11-8(10(13)16)9(12)15-19-11/h14H,2-7H2,1H3,(H2,12,15)(H2,13,16). The van der Waals surface area contributed by atoms with Gasteiger partial charge < -0.3 is 26.3 Å². The number of rotatable bonds is 10. The fraction of sp³-hybridized carbons (Fsp3) is 0.636. The summed E-state index contributed by atoms with van der Waals surface area (Å²) >= 11 is 1.14. The Hall–Kier alpha value is -1.38. The largest absolute Gasteiger partial charge is 0.382 e. The molecule has 0 aliphatic carbocycles. The van der Waals surface area contributed by atoms with Crippen LogP contribution in [0.5, 0.6) is 0 Å². The Balaban J connectivity index is 2.18. The summed E-state index contributed by atoms with van der Waals surface area (Å²) in [6.07, 6.45) is 1.85. The number of methoxy groups -OCH3 is 1. The van der Waals surface area contributed by atoms with E-state index in [1.165, 1.54) is 0 Å². The second-order valence-electron chi connectivity index (χ2n) is 3.88. The van der Waals surface area contributed by atoms with Crippen molar-refractivity contribution in [3.63, 3.8) is 0 Å². The van der Waals surface area contributed by atoms with E-state index in [0.29, 0.717) is 24.8 Å². The van der Waals surface area contributed by atoms with E-state index in [9.17, 15) is 4.79 Å². The number of amides is 1. The minimum atomic E-state index is -0.559. The minimum absolute atomic E-state index is 0.183. The highest BCUT2D eigenvalue weighted by atomic mass is 32.1. The summed E-state index contributed by atoms with van der Waals surface area (Å²) in [4.78, 5) is 11.2. The molecule has 0 radical (unpaired) electrons. The number of carbonyl (C=O) groups excluding carboxylic acids is 1. The third-order valence-electron chi connectivity index (χ3n) is 2.40. The zero-order valence-corrected chi connectivity index (χ0v) is 11.8. The van der Waals surface area contributed by atoms with E-state index < -0.39 is 5.91 Å². The molecule has 0 unspecified atom stereocenters. The zero-order valence-electron chi connectivity index (χ0n) is 11.0. The fourth-order valence-corrected chi connectivity index (χ4v) is 2.18. The smallest absolute Gasteiger partial charge is 0.255 e. The average molecular weight is 288 g/mol. The van der Waals surface area contributed by atoms with Crippen molar-refractivity contribution in [3.8, 4) is 0 Å². The van der Waals surface area contributed by atoms with Gasteiger partial charge in [0.05, 0.1) is 13.2 Å². The lowest BCUT2D eigenvalue weighted by Gasteiger charge is -2.06. The second-order valence-corrected chi connectivity index (χ2v) is 4.65. The monoisotopic (exact) mass is 288 g/mol. The number of carbonyl (C=O) groups is 1. The number of nitrogens with one attached hydrogen (secondary N) is 1. The summed E-state index contributed by atoms with van der Waals surface area (Å²) in [6, 6.07) is 0. The summed E-state index contributed by atoms with van der Waals surface area (Å²) in [6.45, 7) is 2.63. The molecule has 0 aliphatic heterocycles. The molecule has 0 fully saturated rings. The van der Waals surface area contributed by atoms with Crippen LogP contribution in [0.2, 0.25) is 0 Å². The Labute approximate surface area is 116 Å². The lowest BCUT2D eigenvalue weighted by Crippen LogP contribution is -2.15. The third-order valence-corrected chi connectivity index (χ3v) is 3.22. The summed E-state index contributed by atoms with van der Waals surface area (Å²) in [5, 5.41) is 3.74. The lowest BCUT2D eigenvalue weighted by atomic mass is 10.3. The van der Waals surface area contributed by atoms with Crippen molar-refractivity contribution in [2.45, 2.75) is 12.8 Å². The molecule has 1 heterocycles. The molecule has 0 saturated carbocycles. The number of primary amides is 1. The quantitative estimate of drug-likeness (QED) is 0.546. The molecule has 0 spiro atoms. The molecule has 19 heavy (non-hydrogen) atoms. The van der Waals surface area contributed by atoms with Crippen LogP contribution >= 0.6 is 11.5 Å². The Kier molecular flexibility index (Phi) is 7.16. The maximum atomic E-state index is 11.2. The first-order valence-electron chi connectivity index (χ1n) is 6.02. The normalized spacial score (nSPS) is 10.6. The maximum absolute atomic E-state index is 11.2. The average Bonchev–Trinajstić information content (AvgIpc) is 2.74. The van der Waals surface area contributed by atoms with Gasteiger partial charge in [-0.3, -0.25) is 4.79 Å². The first-order valence-corrected chi connectivity index (χ1v) is 6.79. The third kappa shape index (κ3) is 5.41. The van der Waals surface area contributed by atoms with Crippen LogP contribution in [-0.2, 0) is 9.47 Å². The van der Waals surface area contributed by atoms with Crippen LogP contribution in [0, 0.1) is 0 Å². The topological polar surface area (TPSA) is 112 Å². The lowest BCUT2D eigenvalue weighted by molar-refractivity contribution is 0.0691. The number of unbranched alkanes of at least 4 members (excludes halogenated alkanes) is 1. The molecular weight excluding hydrogens is 268 g/mol. The Bertz CT molecular complexity index is 397. The molecule has 0 bridgehead atoms. The van der Waals surface area contributed by atoms with E-state index in [1.807, 2.05) is 0 Å². The highest BCUT2D eigenvalue weighted by molar-refractivity contribution is 7.11. The van der Waals surface area contributed by atoms with E-state index in [1.54, 1.807) is 7.11 Å². The van der Waals surface area contributed by atoms with Gasteiger partial charge in [0.25, 0.3) is 5.91 Å². The number of nitrogen functional groups attached to an aromatic ring is 1.